The number of thioether (sulfide) groups is 1. The van der Waals surface area contributed by atoms with E-state index in [-0.39, 0.29) is 11.0 Å². The Labute approximate surface area is 170 Å². The molecule has 1 aliphatic heterocycles. The quantitative estimate of drug-likeness (QED) is 0.292. The molecule has 0 fully saturated rings. The van der Waals surface area contributed by atoms with Crippen LogP contribution in [0.1, 0.15) is 18.9 Å². The molecule has 2 rings (SSSR count). The second-order valence-corrected chi connectivity index (χ2v) is 6.51. The van der Waals surface area contributed by atoms with Crippen molar-refractivity contribution >= 4 is 40.1 Å². The first kappa shape index (κ1) is 22.7. The van der Waals surface area contributed by atoms with Crippen LogP contribution >= 0.6 is 23.4 Å². The van der Waals surface area contributed by atoms with E-state index in [2.05, 4.69) is 18.3 Å². The van der Waals surface area contributed by atoms with E-state index in [0.29, 0.717) is 18.1 Å². The van der Waals surface area contributed by atoms with Crippen LogP contribution in [0.4, 0.5) is 0 Å². The average molecular weight is 405 g/mol. The predicted octanol–water partition coefficient (Wildman–Crippen LogP) is 5.29. The number of benzene rings is 1. The van der Waals surface area contributed by atoms with Crippen LogP contribution in [0.5, 0.6) is 5.75 Å². The Morgan fingerprint density at radius 1 is 1.33 bits per heavy atom. The summed E-state index contributed by atoms with van der Waals surface area (Å²) < 4.78 is 5.16. The maximum absolute atomic E-state index is 8.31. The van der Waals surface area contributed by atoms with E-state index in [4.69, 9.17) is 27.2 Å². The number of methoxy groups -OCH3 is 1. The third-order valence-corrected chi connectivity index (χ3v) is 4.59. The minimum absolute atomic E-state index is 0.205. The molecule has 0 amide bonds. The number of ether oxygens (including phenoxy) is 1. The lowest BCUT2D eigenvalue weighted by Gasteiger charge is -2.26. The molecular formula is C20H25ClN4OS. The molecule has 0 aliphatic carbocycles. The molecule has 2 N–H and O–H groups in total. The van der Waals surface area contributed by atoms with Crippen LogP contribution in [0.15, 0.2) is 66.3 Å². The Morgan fingerprint density at radius 3 is 2.44 bits per heavy atom. The first-order valence-corrected chi connectivity index (χ1v) is 9.85. The minimum Gasteiger partial charge on any atom is -0.497 e. The fourth-order valence-corrected chi connectivity index (χ4v) is 3.04. The van der Waals surface area contributed by atoms with Crippen molar-refractivity contribution in [1.82, 2.24) is 5.01 Å². The van der Waals surface area contributed by atoms with Gasteiger partial charge in [0.25, 0.3) is 0 Å². The van der Waals surface area contributed by atoms with Gasteiger partial charge in [-0.1, -0.05) is 50.1 Å². The monoisotopic (exact) mass is 404 g/mol. The fraction of sp³-hybridized carbons (Fsp3) is 0.250. The van der Waals surface area contributed by atoms with Crippen molar-refractivity contribution in [2.45, 2.75) is 13.3 Å². The smallest absolute Gasteiger partial charge is 0.183 e. The molecule has 1 aromatic rings. The van der Waals surface area contributed by atoms with Crippen LogP contribution in [0.25, 0.3) is 0 Å². The molecule has 0 unspecified atom stereocenters. The van der Waals surface area contributed by atoms with E-state index in [1.165, 1.54) is 16.8 Å². The number of hydrogen-bond acceptors (Lipinski definition) is 5. The van der Waals surface area contributed by atoms with Gasteiger partial charge in [-0.15, -0.1) is 11.6 Å². The average Bonchev–Trinajstić information content (AvgIpc) is 2.72. The topological polar surface area (TPSA) is 72.5 Å². The van der Waals surface area contributed by atoms with Crippen molar-refractivity contribution < 1.29 is 4.74 Å². The molecule has 27 heavy (non-hydrogen) atoms. The summed E-state index contributed by atoms with van der Waals surface area (Å²) in [6.45, 7) is 8.68. The van der Waals surface area contributed by atoms with Gasteiger partial charge < -0.3 is 4.74 Å². The van der Waals surface area contributed by atoms with E-state index in [1.807, 2.05) is 31.2 Å². The number of allylic oxidation sites excluding steroid dienone is 3. The molecule has 7 heteroatoms. The van der Waals surface area contributed by atoms with Gasteiger partial charge in [-0.2, -0.15) is 10.1 Å². The van der Waals surface area contributed by atoms with Crippen molar-refractivity contribution in [3.8, 4) is 5.75 Å². The predicted molar refractivity (Wildman–Crippen MR) is 119 cm³/mol. The fourth-order valence-electron chi connectivity index (χ4n) is 2.11. The molecular weight excluding hydrogens is 380 g/mol. The first-order chi connectivity index (χ1) is 13.0. The molecule has 1 aliphatic rings. The number of rotatable bonds is 6. The van der Waals surface area contributed by atoms with Crippen molar-refractivity contribution in [3.05, 3.63) is 66.8 Å². The zero-order valence-electron chi connectivity index (χ0n) is 15.7. The van der Waals surface area contributed by atoms with Crippen LogP contribution in [0.2, 0.25) is 0 Å². The number of nitrogens with zero attached hydrogens (tertiary/aromatic N) is 2. The van der Waals surface area contributed by atoms with Gasteiger partial charge in [0.05, 0.1) is 12.8 Å². The highest BCUT2D eigenvalue weighted by Crippen LogP contribution is 2.22. The lowest BCUT2D eigenvalue weighted by atomic mass is 10.1. The number of nitrogens with one attached hydrogen (secondary N) is 2. The standard InChI is InChI=1S/C16H19ClN4OS.C4H6/c1-3-11(8-9-17)15(18)21-16(19)23-10-14(20-21)12-4-6-13(22-2)7-5-12;1-3-4-2/h4-8,18-19H,3,9-10H2,1-2H3;3-4H,1-2H2/b11-8+,18-15?,19-16?;. The molecule has 0 spiro atoms. The summed E-state index contributed by atoms with van der Waals surface area (Å²) in [5.74, 6) is 1.94. The Bertz CT molecular complexity index is 735. The summed E-state index contributed by atoms with van der Waals surface area (Å²) in [6, 6.07) is 7.63. The van der Waals surface area contributed by atoms with Crippen LogP contribution in [0, 0.1) is 10.8 Å². The molecule has 5 nitrogen and oxygen atoms in total. The van der Waals surface area contributed by atoms with E-state index < -0.39 is 0 Å². The SMILES string of the molecule is C=CC=C.CC/C(=C\CCl)C(=N)N1N=C(c2ccc(OC)cc2)CSC1=N. The highest BCUT2D eigenvalue weighted by atomic mass is 35.5. The highest BCUT2D eigenvalue weighted by molar-refractivity contribution is 8.14. The second-order valence-electron chi connectivity index (χ2n) is 5.24. The summed E-state index contributed by atoms with van der Waals surface area (Å²) in [5, 5.41) is 22.5. The molecule has 144 valence electrons. The van der Waals surface area contributed by atoms with E-state index in [9.17, 15) is 0 Å². The number of halogens is 1. The Hall–Kier alpha value is -2.31. The van der Waals surface area contributed by atoms with Gasteiger partial charge in [-0.3, -0.25) is 10.8 Å². The summed E-state index contributed by atoms with van der Waals surface area (Å²) in [4.78, 5) is 0. The minimum atomic E-state index is 0.205. The van der Waals surface area contributed by atoms with Gasteiger partial charge in [-0.05, 0) is 41.8 Å². The number of hydrogen-bond donors (Lipinski definition) is 2. The normalized spacial score (nSPS) is 13.9. The van der Waals surface area contributed by atoms with Crippen LogP contribution in [-0.4, -0.2) is 40.5 Å². The Morgan fingerprint density at radius 2 is 1.96 bits per heavy atom. The molecule has 0 bridgehead atoms. The molecule has 1 aromatic carbocycles. The van der Waals surface area contributed by atoms with Crippen LogP contribution < -0.4 is 4.74 Å². The van der Waals surface area contributed by atoms with Gasteiger partial charge in [0, 0.05) is 11.6 Å². The van der Waals surface area contributed by atoms with Crippen molar-refractivity contribution in [3.63, 3.8) is 0 Å². The number of amidine groups is 2. The lowest BCUT2D eigenvalue weighted by molar-refractivity contribution is 0.415. The molecule has 0 saturated heterocycles. The second kappa shape index (κ2) is 12.1. The molecule has 0 saturated carbocycles. The maximum Gasteiger partial charge on any atom is 0.183 e. The summed E-state index contributed by atoms with van der Waals surface area (Å²) in [6.07, 6.45) is 5.74. The summed E-state index contributed by atoms with van der Waals surface area (Å²) >= 11 is 7.11. The van der Waals surface area contributed by atoms with Gasteiger partial charge in [0.15, 0.2) is 11.0 Å². The van der Waals surface area contributed by atoms with E-state index in [0.717, 1.165) is 22.6 Å². The third-order valence-electron chi connectivity index (χ3n) is 3.57. The van der Waals surface area contributed by atoms with Gasteiger partial charge >= 0.3 is 0 Å². The highest BCUT2D eigenvalue weighted by Gasteiger charge is 2.24. The largest absolute Gasteiger partial charge is 0.497 e. The van der Waals surface area contributed by atoms with Crippen molar-refractivity contribution in [2.24, 2.45) is 5.10 Å². The van der Waals surface area contributed by atoms with E-state index >= 15 is 0 Å². The Kier molecular flexibility index (Phi) is 10.2. The number of hydrazone groups is 1. The van der Waals surface area contributed by atoms with Crippen LogP contribution in [0.3, 0.4) is 0 Å². The zero-order chi connectivity index (χ0) is 20.2. The number of alkyl halides is 1. The molecule has 1 heterocycles. The molecule has 0 radical (unpaired) electrons. The van der Waals surface area contributed by atoms with Crippen molar-refractivity contribution in [1.29, 1.82) is 10.8 Å². The molecule has 0 atom stereocenters. The first-order valence-electron chi connectivity index (χ1n) is 8.33. The van der Waals surface area contributed by atoms with Gasteiger partial charge in [0.2, 0.25) is 0 Å². The van der Waals surface area contributed by atoms with Crippen LogP contribution in [-0.2, 0) is 0 Å². The van der Waals surface area contributed by atoms with E-state index in [1.54, 1.807) is 25.3 Å². The molecule has 0 aromatic heterocycles. The summed E-state index contributed by atoms with van der Waals surface area (Å²) in [7, 11) is 1.63. The lowest BCUT2D eigenvalue weighted by Crippen LogP contribution is -2.36. The Balaban J connectivity index is 0.000000828. The van der Waals surface area contributed by atoms with Gasteiger partial charge in [0.1, 0.15) is 5.75 Å². The maximum atomic E-state index is 8.31. The van der Waals surface area contributed by atoms with Crippen molar-refractivity contribution in [2.75, 3.05) is 18.7 Å². The summed E-state index contributed by atoms with van der Waals surface area (Å²) in [5.41, 5.74) is 2.58. The van der Waals surface area contributed by atoms with Gasteiger partial charge in [-0.25, -0.2) is 0 Å². The zero-order valence-corrected chi connectivity index (χ0v) is 17.2. The third kappa shape index (κ3) is 6.73.